The molecule has 2 nitrogen and oxygen atoms in total. The Kier molecular flexibility index (Phi) is 11.8. The Hall–Kier alpha value is -3.62. The molecule has 0 unspecified atom stereocenters. The molecule has 0 bridgehead atoms. The second kappa shape index (κ2) is 15.7. The maximum Gasteiger partial charge on any atom is 2.00 e. The summed E-state index contributed by atoms with van der Waals surface area (Å²) in [6, 6.07) is 48.9. The van der Waals surface area contributed by atoms with Crippen molar-refractivity contribution in [3.8, 4) is 33.8 Å². The molecule has 2 aliphatic carbocycles. The van der Waals surface area contributed by atoms with Crippen LogP contribution in [0.15, 0.2) is 133 Å². The zero-order valence-electron chi connectivity index (χ0n) is 23.3. The van der Waals surface area contributed by atoms with Crippen molar-refractivity contribution in [2.45, 2.75) is 12.8 Å². The molecule has 0 heterocycles. The SMILES string of the molecule is Oc1ccc(Cl)cc1.Oc1ccc(Cl)cc1.[Zr+2].[c-]1cccc2c1Cc1ccccc1-2.[c-]1cccc2c1Cc1ccccc1-2. The number of hydrogen-bond acceptors (Lipinski definition) is 2. The Labute approximate surface area is 282 Å². The van der Waals surface area contributed by atoms with E-state index in [4.69, 9.17) is 33.4 Å². The fourth-order valence-corrected chi connectivity index (χ4v) is 5.13. The van der Waals surface area contributed by atoms with Gasteiger partial charge >= 0.3 is 26.2 Å². The van der Waals surface area contributed by atoms with Gasteiger partial charge in [0.05, 0.1) is 0 Å². The molecule has 210 valence electrons. The molecule has 0 saturated carbocycles. The molecule has 0 atom stereocenters. The smallest absolute Gasteiger partial charge is 0.508 e. The molecule has 0 radical (unpaired) electrons. The topological polar surface area (TPSA) is 40.5 Å². The predicted molar refractivity (Wildman–Crippen MR) is 173 cm³/mol. The zero-order valence-corrected chi connectivity index (χ0v) is 27.2. The molecule has 0 aliphatic heterocycles. The van der Waals surface area contributed by atoms with Gasteiger partial charge in [0.1, 0.15) is 11.5 Å². The minimum Gasteiger partial charge on any atom is -0.508 e. The second-order valence-corrected chi connectivity index (χ2v) is 10.6. The summed E-state index contributed by atoms with van der Waals surface area (Å²) in [4.78, 5) is 0. The van der Waals surface area contributed by atoms with E-state index in [1.54, 1.807) is 48.5 Å². The van der Waals surface area contributed by atoms with Crippen molar-refractivity contribution in [2.75, 3.05) is 0 Å². The van der Waals surface area contributed by atoms with Crippen molar-refractivity contribution in [2.24, 2.45) is 0 Å². The van der Waals surface area contributed by atoms with Gasteiger partial charge in [-0.25, -0.2) is 0 Å². The largest absolute Gasteiger partial charge is 2.00 e. The van der Waals surface area contributed by atoms with E-state index in [-0.39, 0.29) is 37.7 Å². The number of phenols is 2. The first-order valence-electron chi connectivity index (χ1n) is 13.5. The van der Waals surface area contributed by atoms with E-state index in [2.05, 4.69) is 84.9 Å². The Balaban J connectivity index is 0.000000134. The molecule has 6 aromatic rings. The van der Waals surface area contributed by atoms with E-state index < -0.39 is 0 Å². The van der Waals surface area contributed by atoms with Crippen LogP contribution in [0.2, 0.25) is 10.0 Å². The van der Waals surface area contributed by atoms with Crippen LogP contribution in [0, 0.1) is 12.1 Å². The normalized spacial score (nSPS) is 10.8. The summed E-state index contributed by atoms with van der Waals surface area (Å²) < 4.78 is 0. The third kappa shape index (κ3) is 8.71. The van der Waals surface area contributed by atoms with Gasteiger partial charge in [0.25, 0.3) is 0 Å². The van der Waals surface area contributed by atoms with Gasteiger partial charge in [0.15, 0.2) is 0 Å². The number of hydrogen-bond donors (Lipinski definition) is 2. The molecule has 43 heavy (non-hydrogen) atoms. The molecule has 0 spiro atoms. The van der Waals surface area contributed by atoms with Gasteiger partial charge in [-0.15, -0.1) is 11.1 Å². The first-order valence-corrected chi connectivity index (χ1v) is 14.3. The standard InChI is InChI=1S/2C13H9.2C6H5ClO.Zr/c2*1-3-7-12-10(5-1)9-11-6-2-4-8-13(11)12;2*7-5-1-3-6(8)4-2-5;/h2*1-5,7-8H,9H2;2*1-4,8H;/q2*-1;;;+2. The van der Waals surface area contributed by atoms with Crippen LogP contribution in [0.3, 0.4) is 0 Å². The minimum atomic E-state index is 0. The van der Waals surface area contributed by atoms with Gasteiger partial charge in [-0.05, 0) is 61.4 Å². The van der Waals surface area contributed by atoms with E-state index >= 15 is 0 Å². The Morgan fingerprint density at radius 1 is 0.442 bits per heavy atom. The van der Waals surface area contributed by atoms with Gasteiger partial charge < -0.3 is 10.2 Å². The quantitative estimate of drug-likeness (QED) is 0.157. The predicted octanol–water partition coefficient (Wildman–Crippen LogP) is 10.2. The fourth-order valence-electron chi connectivity index (χ4n) is 4.88. The molecule has 0 aromatic heterocycles. The van der Waals surface area contributed by atoms with E-state index in [0.29, 0.717) is 10.0 Å². The third-order valence-electron chi connectivity index (χ3n) is 6.89. The average Bonchev–Trinajstić information content (AvgIpc) is 3.60. The van der Waals surface area contributed by atoms with E-state index in [1.807, 2.05) is 12.1 Å². The van der Waals surface area contributed by atoms with E-state index in [0.717, 1.165) is 12.8 Å². The molecule has 6 aromatic carbocycles. The number of rotatable bonds is 0. The monoisotopic (exact) mass is 676 g/mol. The van der Waals surface area contributed by atoms with Gasteiger partial charge in [-0.1, -0.05) is 94.0 Å². The fraction of sp³-hybridized carbons (Fsp3) is 0.0526. The number of benzene rings is 6. The minimum absolute atomic E-state index is 0. The number of phenolic OH excluding ortho intramolecular Hbond substituents is 2. The first kappa shape index (κ1) is 32.3. The Bertz CT molecular complexity index is 1510. The molecule has 8 rings (SSSR count). The number of fused-ring (bicyclic) bond motifs is 6. The van der Waals surface area contributed by atoms with Crippen molar-refractivity contribution in [1.82, 2.24) is 0 Å². The van der Waals surface area contributed by atoms with E-state index in [1.165, 1.54) is 44.5 Å². The molecule has 0 saturated heterocycles. The van der Waals surface area contributed by atoms with Gasteiger partial charge in [0.2, 0.25) is 0 Å². The van der Waals surface area contributed by atoms with Crippen molar-refractivity contribution >= 4 is 23.2 Å². The molecule has 0 fully saturated rings. The maximum atomic E-state index is 8.70. The van der Waals surface area contributed by atoms with Gasteiger partial charge in [0, 0.05) is 10.0 Å². The molecular formula is C38H28Cl2O2Zr. The Morgan fingerprint density at radius 3 is 1.16 bits per heavy atom. The first-order chi connectivity index (χ1) is 20.5. The third-order valence-corrected chi connectivity index (χ3v) is 7.39. The van der Waals surface area contributed by atoms with Crippen molar-refractivity contribution in [1.29, 1.82) is 0 Å². The summed E-state index contributed by atoms with van der Waals surface area (Å²) in [6.45, 7) is 0. The summed E-state index contributed by atoms with van der Waals surface area (Å²) in [5.74, 6) is 0.490. The van der Waals surface area contributed by atoms with Crippen LogP contribution in [0.5, 0.6) is 11.5 Å². The van der Waals surface area contributed by atoms with Crippen LogP contribution in [0.4, 0.5) is 0 Å². The van der Waals surface area contributed by atoms with Crippen LogP contribution in [-0.4, -0.2) is 10.2 Å². The van der Waals surface area contributed by atoms with Crippen LogP contribution in [0.1, 0.15) is 22.3 Å². The van der Waals surface area contributed by atoms with Crippen LogP contribution in [0.25, 0.3) is 22.3 Å². The maximum absolute atomic E-state index is 8.70. The van der Waals surface area contributed by atoms with Gasteiger partial charge in [-0.3, -0.25) is 0 Å². The molecule has 0 amide bonds. The molecule has 2 N–H and O–H groups in total. The second-order valence-electron chi connectivity index (χ2n) is 9.75. The van der Waals surface area contributed by atoms with Crippen molar-refractivity contribution in [3.63, 3.8) is 0 Å². The van der Waals surface area contributed by atoms with Crippen LogP contribution < -0.4 is 0 Å². The summed E-state index contributed by atoms with van der Waals surface area (Å²) in [5.41, 5.74) is 11.0. The molecule has 2 aliphatic rings. The summed E-state index contributed by atoms with van der Waals surface area (Å²) in [6.07, 6.45) is 2.10. The number of aromatic hydroxyl groups is 2. The summed E-state index contributed by atoms with van der Waals surface area (Å²) in [7, 11) is 0. The van der Waals surface area contributed by atoms with Crippen LogP contribution >= 0.6 is 23.2 Å². The van der Waals surface area contributed by atoms with Crippen LogP contribution in [-0.2, 0) is 39.0 Å². The molecule has 5 heteroatoms. The summed E-state index contributed by atoms with van der Waals surface area (Å²) in [5, 5.41) is 18.7. The van der Waals surface area contributed by atoms with Crippen molar-refractivity contribution in [3.05, 3.63) is 178 Å². The van der Waals surface area contributed by atoms with Gasteiger partial charge in [-0.2, -0.15) is 59.7 Å². The Morgan fingerprint density at radius 2 is 0.791 bits per heavy atom. The number of halogens is 2. The average molecular weight is 679 g/mol. The molecular weight excluding hydrogens is 651 g/mol. The van der Waals surface area contributed by atoms with Crippen molar-refractivity contribution < 1.29 is 36.4 Å². The zero-order chi connectivity index (χ0) is 29.3. The summed E-state index contributed by atoms with van der Waals surface area (Å²) >= 11 is 11.0. The van der Waals surface area contributed by atoms with E-state index in [9.17, 15) is 0 Å².